The van der Waals surface area contributed by atoms with Crippen molar-refractivity contribution < 1.29 is 5.11 Å². The Balaban J connectivity index is 2.60. The number of hydrogen-bond donors (Lipinski definition) is 1. The summed E-state index contributed by atoms with van der Waals surface area (Å²) in [7, 11) is -0.472. The van der Waals surface area contributed by atoms with Crippen LogP contribution in [0.1, 0.15) is 25.5 Å². The molecular formula is C13H16OSi. The lowest BCUT2D eigenvalue weighted by Crippen LogP contribution is -1.95. The van der Waals surface area contributed by atoms with Crippen LogP contribution in [0, 0.1) is 11.5 Å². The van der Waals surface area contributed by atoms with Gasteiger partial charge in [-0.3, -0.25) is 0 Å². The van der Waals surface area contributed by atoms with Crippen LogP contribution in [-0.4, -0.2) is 14.6 Å². The summed E-state index contributed by atoms with van der Waals surface area (Å²) in [6.45, 7) is 4.12. The van der Waals surface area contributed by atoms with Gasteiger partial charge in [0.15, 0.2) is 0 Å². The zero-order chi connectivity index (χ0) is 11.1. The van der Waals surface area contributed by atoms with Gasteiger partial charge in [-0.25, -0.2) is 0 Å². The van der Waals surface area contributed by atoms with E-state index in [1.54, 1.807) is 0 Å². The van der Waals surface area contributed by atoms with E-state index >= 15 is 0 Å². The number of aliphatic hydroxyl groups excluding tert-OH is 1. The van der Waals surface area contributed by atoms with E-state index in [-0.39, 0.29) is 0 Å². The highest BCUT2D eigenvalue weighted by molar-refractivity contribution is 6.54. The minimum Gasteiger partial charge on any atom is -0.376 e. The van der Waals surface area contributed by atoms with Crippen molar-refractivity contribution in [3.8, 4) is 11.5 Å². The molecule has 1 aromatic rings. The van der Waals surface area contributed by atoms with Gasteiger partial charge in [-0.05, 0) is 19.4 Å². The number of allylic oxidation sites excluding steroid dienone is 2. The van der Waals surface area contributed by atoms with Crippen molar-refractivity contribution in [3.05, 3.63) is 47.2 Å². The lowest BCUT2D eigenvalue weighted by atomic mass is 10.1. The third-order valence-electron chi connectivity index (χ3n) is 2.21. The first-order chi connectivity index (χ1) is 7.24. The topological polar surface area (TPSA) is 20.2 Å². The van der Waals surface area contributed by atoms with Crippen molar-refractivity contribution in [1.82, 2.24) is 0 Å². The first kappa shape index (κ1) is 11.8. The van der Waals surface area contributed by atoms with E-state index in [0.29, 0.717) is 0 Å². The summed E-state index contributed by atoms with van der Waals surface area (Å²) in [6.07, 6.45) is 1.46. The molecule has 0 fully saturated rings. The fourth-order valence-electron chi connectivity index (χ4n) is 1.11. The summed E-state index contributed by atoms with van der Waals surface area (Å²) >= 11 is 0. The standard InChI is InChI=1S/C13H16OSi/c1-3-11(2)15-10-9-13(14)12-7-5-4-6-8-12/h3-8,13-14H,15H2,1-2H3/b11-3+. The molecule has 1 atom stereocenters. The molecule has 1 N–H and O–H groups in total. The van der Waals surface area contributed by atoms with Crippen LogP contribution in [-0.2, 0) is 0 Å². The van der Waals surface area contributed by atoms with E-state index in [0.717, 1.165) is 5.56 Å². The van der Waals surface area contributed by atoms with E-state index in [1.807, 2.05) is 37.3 Å². The largest absolute Gasteiger partial charge is 0.376 e. The molecule has 0 bridgehead atoms. The number of hydrogen-bond acceptors (Lipinski definition) is 1. The molecule has 0 amide bonds. The fourth-order valence-corrected chi connectivity index (χ4v) is 1.89. The molecule has 0 saturated heterocycles. The van der Waals surface area contributed by atoms with Gasteiger partial charge in [0.2, 0.25) is 0 Å². The van der Waals surface area contributed by atoms with Gasteiger partial charge in [0.05, 0.1) is 0 Å². The summed E-state index contributed by atoms with van der Waals surface area (Å²) in [5.41, 5.74) is 3.98. The van der Waals surface area contributed by atoms with Crippen molar-refractivity contribution in [2.45, 2.75) is 20.0 Å². The molecule has 1 nitrogen and oxygen atoms in total. The van der Waals surface area contributed by atoms with E-state index in [9.17, 15) is 5.11 Å². The first-order valence-corrected chi connectivity index (χ1v) is 6.48. The molecule has 0 aliphatic carbocycles. The average molecular weight is 216 g/mol. The van der Waals surface area contributed by atoms with Crippen molar-refractivity contribution >= 4 is 9.52 Å². The summed E-state index contributed by atoms with van der Waals surface area (Å²) in [5.74, 6) is 2.89. The minimum atomic E-state index is -0.636. The fraction of sp³-hybridized carbons (Fsp3) is 0.231. The molecule has 0 spiro atoms. The van der Waals surface area contributed by atoms with Gasteiger partial charge in [0.25, 0.3) is 0 Å². The van der Waals surface area contributed by atoms with Gasteiger partial charge in [-0.15, -0.1) is 5.54 Å². The molecule has 0 aromatic heterocycles. The van der Waals surface area contributed by atoms with E-state index in [2.05, 4.69) is 24.5 Å². The van der Waals surface area contributed by atoms with Gasteiger partial charge in [0, 0.05) is 0 Å². The first-order valence-electron chi connectivity index (χ1n) is 5.07. The zero-order valence-corrected chi connectivity index (χ0v) is 10.6. The summed E-state index contributed by atoms with van der Waals surface area (Å²) in [4.78, 5) is 0. The maximum absolute atomic E-state index is 9.74. The Hall–Kier alpha value is -1.30. The van der Waals surface area contributed by atoms with Gasteiger partial charge in [-0.1, -0.05) is 47.5 Å². The van der Waals surface area contributed by atoms with Crippen LogP contribution in [0.3, 0.4) is 0 Å². The maximum Gasteiger partial charge on any atom is 0.139 e. The molecule has 15 heavy (non-hydrogen) atoms. The molecule has 1 aromatic carbocycles. The molecule has 0 radical (unpaired) electrons. The Labute approximate surface area is 93.7 Å². The van der Waals surface area contributed by atoms with Crippen LogP contribution >= 0.6 is 0 Å². The highest BCUT2D eigenvalue weighted by atomic mass is 28.2. The predicted octanol–water partition coefficient (Wildman–Crippen LogP) is 1.77. The van der Waals surface area contributed by atoms with Crippen molar-refractivity contribution in [2.75, 3.05) is 0 Å². The molecule has 1 unspecified atom stereocenters. The number of aliphatic hydroxyl groups is 1. The molecule has 0 saturated carbocycles. The Bertz CT molecular complexity index is 384. The number of benzene rings is 1. The van der Waals surface area contributed by atoms with Crippen LogP contribution in [0.4, 0.5) is 0 Å². The van der Waals surface area contributed by atoms with E-state index in [4.69, 9.17) is 0 Å². The highest BCUT2D eigenvalue weighted by Crippen LogP contribution is 2.09. The summed E-state index contributed by atoms with van der Waals surface area (Å²) in [5, 5.41) is 11.1. The minimum absolute atomic E-state index is 0.472. The van der Waals surface area contributed by atoms with Gasteiger partial charge < -0.3 is 5.11 Å². The monoisotopic (exact) mass is 216 g/mol. The van der Waals surface area contributed by atoms with Crippen molar-refractivity contribution in [3.63, 3.8) is 0 Å². The second-order valence-corrected chi connectivity index (χ2v) is 5.27. The van der Waals surface area contributed by atoms with Crippen LogP contribution in [0.15, 0.2) is 41.6 Å². The van der Waals surface area contributed by atoms with Crippen LogP contribution < -0.4 is 0 Å². The normalized spacial score (nSPS) is 13.7. The molecule has 0 heterocycles. The average Bonchev–Trinajstić information content (AvgIpc) is 2.29. The lowest BCUT2D eigenvalue weighted by Gasteiger charge is -2.01. The molecule has 2 heteroatoms. The molecule has 78 valence electrons. The second kappa shape index (κ2) is 6.23. The third-order valence-corrected chi connectivity index (χ3v) is 3.56. The quantitative estimate of drug-likeness (QED) is 0.590. The van der Waals surface area contributed by atoms with Gasteiger partial charge in [0.1, 0.15) is 15.6 Å². The smallest absolute Gasteiger partial charge is 0.139 e. The van der Waals surface area contributed by atoms with Gasteiger partial charge in [-0.2, -0.15) is 0 Å². The second-order valence-electron chi connectivity index (χ2n) is 3.45. The summed E-state index contributed by atoms with van der Waals surface area (Å²) < 4.78 is 0. The Morgan fingerprint density at radius 2 is 2.07 bits per heavy atom. The van der Waals surface area contributed by atoms with Gasteiger partial charge >= 0.3 is 0 Å². The molecular weight excluding hydrogens is 200 g/mol. The van der Waals surface area contributed by atoms with Crippen LogP contribution in [0.25, 0.3) is 0 Å². The van der Waals surface area contributed by atoms with Crippen molar-refractivity contribution in [1.29, 1.82) is 0 Å². The summed E-state index contributed by atoms with van der Waals surface area (Å²) in [6, 6.07) is 9.54. The zero-order valence-electron chi connectivity index (χ0n) is 9.20. The van der Waals surface area contributed by atoms with Crippen molar-refractivity contribution in [2.24, 2.45) is 0 Å². The highest BCUT2D eigenvalue weighted by Gasteiger charge is 2.00. The van der Waals surface area contributed by atoms with E-state index in [1.165, 1.54) is 5.20 Å². The molecule has 0 aliphatic heterocycles. The molecule has 0 aliphatic rings. The lowest BCUT2D eigenvalue weighted by molar-refractivity contribution is 0.238. The molecule has 1 rings (SSSR count). The Kier molecular flexibility index (Phi) is 4.89. The SMILES string of the molecule is C/C=C(\C)[SiH2]C#CC(O)c1ccccc1. The Morgan fingerprint density at radius 3 is 2.67 bits per heavy atom. The number of rotatable bonds is 2. The Morgan fingerprint density at radius 1 is 1.40 bits per heavy atom. The van der Waals surface area contributed by atoms with E-state index < -0.39 is 15.6 Å². The third kappa shape index (κ3) is 4.16. The maximum atomic E-state index is 9.74. The van der Waals surface area contributed by atoms with Crippen LogP contribution in [0.5, 0.6) is 0 Å². The predicted molar refractivity (Wildman–Crippen MR) is 67.2 cm³/mol. The van der Waals surface area contributed by atoms with Crippen LogP contribution in [0.2, 0.25) is 0 Å².